The maximum absolute atomic E-state index is 12.7. The Bertz CT molecular complexity index is 773. The van der Waals surface area contributed by atoms with Crippen molar-refractivity contribution < 1.29 is 33.3 Å². The minimum absolute atomic E-state index is 0.115. The second-order valence-corrected chi connectivity index (χ2v) is 8.43. The third kappa shape index (κ3) is 7.65. The molecule has 0 aliphatic carbocycles. The van der Waals surface area contributed by atoms with Crippen molar-refractivity contribution in [2.24, 2.45) is 0 Å². The first-order chi connectivity index (χ1) is 14.6. The highest BCUT2D eigenvalue weighted by Gasteiger charge is 2.66. The van der Waals surface area contributed by atoms with Crippen LogP contribution in [0.3, 0.4) is 0 Å². The lowest BCUT2D eigenvalue weighted by molar-refractivity contribution is -0.156. The normalized spacial score (nSPS) is 25.3. The molecule has 172 valence electrons. The SMILES string of the molecule is CC(=O)O/C=C(/CCOC(C)=O)C1CC2OC2(CC/C=C(\C)CCC=C(C)C)C(=O)O1. The zero-order chi connectivity index (χ0) is 23.0. The second-order valence-electron chi connectivity index (χ2n) is 8.43. The molecule has 3 unspecified atom stereocenters. The lowest BCUT2D eigenvalue weighted by atomic mass is 9.90. The number of carbonyl (C=O) groups excluding carboxylic acids is 3. The lowest BCUT2D eigenvalue weighted by Crippen LogP contribution is -2.40. The van der Waals surface area contributed by atoms with Gasteiger partial charge in [-0.2, -0.15) is 0 Å². The van der Waals surface area contributed by atoms with Crippen LogP contribution in [0.15, 0.2) is 35.1 Å². The van der Waals surface area contributed by atoms with E-state index in [2.05, 4.69) is 32.9 Å². The van der Waals surface area contributed by atoms with Crippen LogP contribution in [0.2, 0.25) is 0 Å². The lowest BCUT2D eigenvalue weighted by Gasteiger charge is -2.26. The topological polar surface area (TPSA) is 91.4 Å². The van der Waals surface area contributed by atoms with Gasteiger partial charge in [0, 0.05) is 32.3 Å². The summed E-state index contributed by atoms with van der Waals surface area (Å²) in [5.74, 6) is -1.26. The molecule has 0 aromatic heterocycles. The first-order valence-corrected chi connectivity index (χ1v) is 10.8. The Labute approximate surface area is 184 Å². The Balaban J connectivity index is 1.91. The first kappa shape index (κ1) is 24.9. The molecule has 0 aromatic rings. The summed E-state index contributed by atoms with van der Waals surface area (Å²) >= 11 is 0. The van der Waals surface area contributed by atoms with Crippen molar-refractivity contribution in [3.05, 3.63) is 35.1 Å². The summed E-state index contributed by atoms with van der Waals surface area (Å²) in [6.45, 7) is 9.01. The minimum atomic E-state index is -0.865. The van der Waals surface area contributed by atoms with Crippen LogP contribution in [0.4, 0.5) is 0 Å². The van der Waals surface area contributed by atoms with Gasteiger partial charge in [0.2, 0.25) is 0 Å². The molecule has 0 saturated carbocycles. The second kappa shape index (κ2) is 11.3. The van der Waals surface area contributed by atoms with Crippen LogP contribution in [0, 0.1) is 0 Å². The van der Waals surface area contributed by atoms with Gasteiger partial charge in [-0.05, 0) is 46.5 Å². The summed E-state index contributed by atoms with van der Waals surface area (Å²) in [6, 6.07) is 0. The van der Waals surface area contributed by atoms with Gasteiger partial charge in [0.25, 0.3) is 0 Å². The van der Waals surface area contributed by atoms with Crippen molar-refractivity contribution in [1.82, 2.24) is 0 Å². The quantitative estimate of drug-likeness (QED) is 0.157. The molecule has 0 N–H and O–H groups in total. The van der Waals surface area contributed by atoms with Crippen molar-refractivity contribution in [3.63, 3.8) is 0 Å². The van der Waals surface area contributed by atoms with E-state index in [4.69, 9.17) is 18.9 Å². The summed E-state index contributed by atoms with van der Waals surface area (Å²) in [7, 11) is 0. The fourth-order valence-corrected chi connectivity index (χ4v) is 3.65. The molecule has 0 aromatic carbocycles. The molecule has 2 rings (SSSR count). The zero-order valence-electron chi connectivity index (χ0n) is 19.2. The van der Waals surface area contributed by atoms with E-state index < -0.39 is 23.6 Å². The Kier molecular flexibility index (Phi) is 9.04. The van der Waals surface area contributed by atoms with Gasteiger partial charge >= 0.3 is 17.9 Å². The smallest absolute Gasteiger partial charge is 0.341 e. The van der Waals surface area contributed by atoms with Crippen LogP contribution in [-0.4, -0.2) is 42.3 Å². The first-order valence-electron chi connectivity index (χ1n) is 10.8. The van der Waals surface area contributed by atoms with E-state index in [-0.39, 0.29) is 18.7 Å². The standard InChI is InChI=1S/C24H34O7/c1-16(2)8-6-9-17(3)10-7-12-24-22(31-24)14-21(30-23(24)27)20(15-29-19(5)26)11-13-28-18(4)25/h8,10,15,21-22H,6-7,9,11-14H2,1-5H3/b17-10+,20-15-. The average molecular weight is 435 g/mol. The van der Waals surface area contributed by atoms with E-state index in [9.17, 15) is 14.4 Å². The van der Waals surface area contributed by atoms with Crippen LogP contribution in [0.25, 0.3) is 0 Å². The molecule has 2 heterocycles. The van der Waals surface area contributed by atoms with E-state index in [1.165, 1.54) is 31.3 Å². The summed E-state index contributed by atoms with van der Waals surface area (Å²) in [4.78, 5) is 34.9. The van der Waals surface area contributed by atoms with Crippen molar-refractivity contribution in [1.29, 1.82) is 0 Å². The van der Waals surface area contributed by atoms with Crippen molar-refractivity contribution >= 4 is 17.9 Å². The third-order valence-electron chi connectivity index (χ3n) is 5.42. The van der Waals surface area contributed by atoms with Gasteiger partial charge in [-0.15, -0.1) is 0 Å². The minimum Gasteiger partial charge on any atom is -0.466 e. The molecule has 7 nitrogen and oxygen atoms in total. The summed E-state index contributed by atoms with van der Waals surface area (Å²) in [5, 5.41) is 0. The number of hydrogen-bond donors (Lipinski definition) is 0. The highest BCUT2D eigenvalue weighted by molar-refractivity contribution is 5.85. The number of esters is 3. The zero-order valence-corrected chi connectivity index (χ0v) is 19.2. The van der Waals surface area contributed by atoms with Gasteiger partial charge in [-0.3, -0.25) is 9.59 Å². The number of ether oxygens (including phenoxy) is 4. The van der Waals surface area contributed by atoms with Crippen LogP contribution in [0.5, 0.6) is 0 Å². The average Bonchev–Trinajstić information content (AvgIpc) is 3.38. The van der Waals surface area contributed by atoms with Crippen molar-refractivity contribution in [3.8, 4) is 0 Å². The van der Waals surface area contributed by atoms with Gasteiger partial charge < -0.3 is 18.9 Å². The molecular formula is C24H34O7. The van der Waals surface area contributed by atoms with E-state index in [1.54, 1.807) is 0 Å². The molecule has 0 bridgehead atoms. The molecule has 2 aliphatic heterocycles. The number of cyclic esters (lactones) is 1. The van der Waals surface area contributed by atoms with Crippen molar-refractivity contribution in [2.75, 3.05) is 6.61 Å². The Morgan fingerprint density at radius 3 is 2.42 bits per heavy atom. The predicted molar refractivity (Wildman–Crippen MR) is 115 cm³/mol. The highest BCUT2D eigenvalue weighted by Crippen LogP contribution is 2.49. The van der Waals surface area contributed by atoms with E-state index in [1.807, 2.05) is 0 Å². The maximum atomic E-state index is 12.7. The number of rotatable bonds is 11. The van der Waals surface area contributed by atoms with Gasteiger partial charge in [0.15, 0.2) is 5.60 Å². The number of hydrogen-bond acceptors (Lipinski definition) is 7. The summed E-state index contributed by atoms with van der Waals surface area (Å²) < 4.78 is 21.4. The van der Waals surface area contributed by atoms with E-state index in [0.717, 1.165) is 19.3 Å². The molecule has 0 radical (unpaired) electrons. The van der Waals surface area contributed by atoms with Gasteiger partial charge in [-0.1, -0.05) is 23.3 Å². The summed E-state index contributed by atoms with van der Waals surface area (Å²) in [5.41, 5.74) is 2.33. The third-order valence-corrected chi connectivity index (χ3v) is 5.42. The molecule has 2 fully saturated rings. The summed E-state index contributed by atoms with van der Waals surface area (Å²) in [6.07, 6.45) is 9.04. The molecule has 7 heteroatoms. The van der Waals surface area contributed by atoms with Gasteiger partial charge in [0.05, 0.1) is 12.9 Å². The fraction of sp³-hybridized carbons (Fsp3) is 0.625. The largest absolute Gasteiger partial charge is 0.466 e. The van der Waals surface area contributed by atoms with E-state index >= 15 is 0 Å². The number of fused-ring (bicyclic) bond motifs is 1. The Morgan fingerprint density at radius 2 is 1.81 bits per heavy atom. The predicted octanol–water partition coefficient (Wildman–Crippen LogP) is 4.31. The van der Waals surface area contributed by atoms with Gasteiger partial charge in [0.1, 0.15) is 12.2 Å². The fourth-order valence-electron chi connectivity index (χ4n) is 3.65. The Hall–Kier alpha value is -2.41. The maximum Gasteiger partial charge on any atom is 0.341 e. The van der Waals surface area contributed by atoms with Crippen LogP contribution in [-0.2, 0) is 33.3 Å². The van der Waals surface area contributed by atoms with E-state index in [0.29, 0.717) is 24.8 Å². The Morgan fingerprint density at radius 1 is 1.06 bits per heavy atom. The number of carbonyl (C=O) groups is 3. The molecule has 0 amide bonds. The highest BCUT2D eigenvalue weighted by atomic mass is 16.7. The van der Waals surface area contributed by atoms with Crippen LogP contribution >= 0.6 is 0 Å². The molecule has 2 aliphatic rings. The van der Waals surface area contributed by atoms with Crippen LogP contribution in [0.1, 0.15) is 73.1 Å². The molecule has 3 atom stereocenters. The molecular weight excluding hydrogens is 400 g/mol. The monoisotopic (exact) mass is 434 g/mol. The molecule has 0 spiro atoms. The van der Waals surface area contributed by atoms with Crippen LogP contribution < -0.4 is 0 Å². The van der Waals surface area contributed by atoms with Crippen molar-refractivity contribution in [2.45, 2.75) is 91.0 Å². The van der Waals surface area contributed by atoms with Gasteiger partial charge in [-0.25, -0.2) is 4.79 Å². The molecule has 2 saturated heterocycles. The molecule has 31 heavy (non-hydrogen) atoms. The number of epoxide rings is 1. The number of allylic oxidation sites excluding steroid dienone is 4.